The van der Waals surface area contributed by atoms with Gasteiger partial charge in [-0.1, -0.05) is 40.9 Å². The van der Waals surface area contributed by atoms with Crippen molar-refractivity contribution in [2.75, 3.05) is 0 Å². The van der Waals surface area contributed by atoms with E-state index < -0.39 is 6.10 Å². The molecule has 0 amide bonds. The van der Waals surface area contributed by atoms with Gasteiger partial charge in [0.25, 0.3) is 0 Å². The van der Waals surface area contributed by atoms with Gasteiger partial charge in [0.15, 0.2) is 0 Å². The summed E-state index contributed by atoms with van der Waals surface area (Å²) in [4.78, 5) is 0.797. The van der Waals surface area contributed by atoms with Crippen LogP contribution in [-0.4, -0.2) is 5.11 Å². The van der Waals surface area contributed by atoms with Crippen molar-refractivity contribution < 1.29 is 5.11 Å². The summed E-state index contributed by atoms with van der Waals surface area (Å²) in [5.41, 5.74) is 1.67. The van der Waals surface area contributed by atoms with Gasteiger partial charge in [-0.05, 0) is 36.2 Å². The topological polar surface area (TPSA) is 20.2 Å². The van der Waals surface area contributed by atoms with E-state index in [2.05, 4.69) is 0 Å². The summed E-state index contributed by atoms with van der Waals surface area (Å²) in [7, 11) is 0. The Morgan fingerprint density at radius 3 is 2.35 bits per heavy atom. The second kappa shape index (κ2) is 5.17. The molecule has 17 heavy (non-hydrogen) atoms. The van der Waals surface area contributed by atoms with Gasteiger partial charge in [0.1, 0.15) is 6.10 Å². The fourth-order valence-electron chi connectivity index (χ4n) is 1.47. The molecule has 0 aliphatic rings. The minimum absolute atomic E-state index is 0.433. The molecule has 1 nitrogen and oxygen atoms in total. The van der Waals surface area contributed by atoms with Crippen LogP contribution in [0.15, 0.2) is 24.3 Å². The third kappa shape index (κ3) is 2.78. The summed E-state index contributed by atoms with van der Waals surface area (Å²) in [6.45, 7) is 1.91. The largest absolute Gasteiger partial charge is 0.383 e. The van der Waals surface area contributed by atoms with Crippen LogP contribution in [-0.2, 0) is 0 Å². The first kappa shape index (κ1) is 13.2. The summed E-state index contributed by atoms with van der Waals surface area (Å²) in [6, 6.07) is 6.96. The van der Waals surface area contributed by atoms with Crippen LogP contribution in [0.5, 0.6) is 0 Å². The van der Waals surface area contributed by atoms with Crippen molar-refractivity contribution in [2.45, 2.75) is 13.0 Å². The Balaban J connectivity index is 2.36. The van der Waals surface area contributed by atoms with Gasteiger partial charge in [-0.3, -0.25) is 0 Å². The van der Waals surface area contributed by atoms with Crippen LogP contribution in [0.3, 0.4) is 0 Å². The molecule has 90 valence electrons. The molecule has 1 unspecified atom stereocenters. The SMILES string of the molecule is Cc1cc(C(O)c2ccc(Cl)c(Cl)c2)sc1Cl. The normalized spacial score (nSPS) is 12.8. The molecular weight excluding hydrogens is 299 g/mol. The Hall–Kier alpha value is -0.250. The number of aryl methyl sites for hydroxylation is 1. The summed E-state index contributed by atoms with van der Waals surface area (Å²) in [6.07, 6.45) is -0.721. The molecule has 5 heteroatoms. The number of thiophene rings is 1. The number of rotatable bonds is 2. The molecule has 2 rings (SSSR count). The van der Waals surface area contributed by atoms with Crippen LogP contribution in [0.1, 0.15) is 22.1 Å². The lowest BCUT2D eigenvalue weighted by Gasteiger charge is -2.09. The Bertz CT molecular complexity index is 531. The number of aliphatic hydroxyl groups excluding tert-OH is 1. The molecule has 0 fully saturated rings. The lowest BCUT2D eigenvalue weighted by atomic mass is 10.1. The monoisotopic (exact) mass is 306 g/mol. The van der Waals surface area contributed by atoms with Gasteiger partial charge in [0, 0.05) is 4.88 Å². The maximum absolute atomic E-state index is 10.2. The van der Waals surface area contributed by atoms with E-state index in [1.54, 1.807) is 18.2 Å². The number of aliphatic hydroxyl groups is 1. The third-order valence-electron chi connectivity index (χ3n) is 2.41. The number of halogens is 3. The van der Waals surface area contributed by atoms with Crippen LogP contribution >= 0.6 is 46.1 Å². The maximum Gasteiger partial charge on any atom is 0.113 e. The third-order valence-corrected chi connectivity index (χ3v) is 4.75. The Morgan fingerprint density at radius 2 is 1.82 bits per heavy atom. The average Bonchev–Trinajstić information content (AvgIpc) is 2.62. The number of hydrogen-bond acceptors (Lipinski definition) is 2. The predicted molar refractivity (Wildman–Crippen MR) is 74.6 cm³/mol. The standard InChI is InChI=1S/C12H9Cl3OS/c1-6-4-10(17-12(6)15)11(16)7-2-3-8(13)9(14)5-7/h2-5,11,16H,1H3. The fraction of sp³-hybridized carbons (Fsp3) is 0.167. The number of hydrogen-bond donors (Lipinski definition) is 1. The van der Waals surface area contributed by atoms with Crippen LogP contribution in [0.25, 0.3) is 0 Å². The lowest BCUT2D eigenvalue weighted by molar-refractivity contribution is 0.224. The van der Waals surface area contributed by atoms with Gasteiger partial charge < -0.3 is 5.11 Å². The van der Waals surface area contributed by atoms with Crippen LogP contribution in [0.4, 0.5) is 0 Å². The zero-order valence-electron chi connectivity index (χ0n) is 8.88. The molecule has 1 atom stereocenters. The molecule has 0 saturated heterocycles. The van der Waals surface area contributed by atoms with E-state index in [-0.39, 0.29) is 0 Å². The van der Waals surface area contributed by atoms with Crippen molar-refractivity contribution in [2.24, 2.45) is 0 Å². The zero-order chi connectivity index (χ0) is 12.6. The molecule has 0 aliphatic heterocycles. The molecule has 1 aromatic carbocycles. The van der Waals surface area contributed by atoms with Crippen molar-refractivity contribution in [3.63, 3.8) is 0 Å². The van der Waals surface area contributed by atoms with Crippen molar-refractivity contribution in [1.82, 2.24) is 0 Å². The van der Waals surface area contributed by atoms with Crippen molar-refractivity contribution in [3.05, 3.63) is 54.7 Å². The van der Waals surface area contributed by atoms with E-state index in [4.69, 9.17) is 34.8 Å². The second-order valence-electron chi connectivity index (χ2n) is 3.68. The molecule has 0 aliphatic carbocycles. The summed E-state index contributed by atoms with van der Waals surface area (Å²) in [5.74, 6) is 0. The minimum Gasteiger partial charge on any atom is -0.383 e. The van der Waals surface area contributed by atoms with Gasteiger partial charge in [0.05, 0.1) is 14.4 Å². The molecule has 0 spiro atoms. The van der Waals surface area contributed by atoms with E-state index in [0.29, 0.717) is 19.9 Å². The van der Waals surface area contributed by atoms with Crippen molar-refractivity contribution >= 4 is 46.1 Å². The Morgan fingerprint density at radius 1 is 1.12 bits per heavy atom. The predicted octanol–water partition coefficient (Wildman–Crippen LogP) is 5.10. The van der Waals surface area contributed by atoms with Crippen LogP contribution < -0.4 is 0 Å². The fourth-order valence-corrected chi connectivity index (χ4v) is 3.00. The molecule has 0 saturated carbocycles. The summed E-state index contributed by atoms with van der Waals surface area (Å²) in [5, 5.41) is 11.1. The second-order valence-corrected chi connectivity index (χ2v) is 6.18. The van der Waals surface area contributed by atoms with Gasteiger partial charge in [-0.25, -0.2) is 0 Å². The Kier molecular flexibility index (Phi) is 4.01. The average molecular weight is 308 g/mol. The van der Waals surface area contributed by atoms with E-state index in [0.717, 1.165) is 10.4 Å². The zero-order valence-corrected chi connectivity index (χ0v) is 12.0. The summed E-state index contributed by atoms with van der Waals surface area (Å²) >= 11 is 19.1. The van der Waals surface area contributed by atoms with Gasteiger partial charge in [-0.15, -0.1) is 11.3 Å². The molecule has 0 radical (unpaired) electrons. The highest BCUT2D eigenvalue weighted by atomic mass is 35.5. The van der Waals surface area contributed by atoms with E-state index in [9.17, 15) is 5.11 Å². The smallest absolute Gasteiger partial charge is 0.113 e. The first-order chi connectivity index (χ1) is 7.99. The Labute approximate surface area is 119 Å². The van der Waals surface area contributed by atoms with Gasteiger partial charge >= 0.3 is 0 Å². The van der Waals surface area contributed by atoms with Gasteiger partial charge in [-0.2, -0.15) is 0 Å². The van der Waals surface area contributed by atoms with Crippen LogP contribution in [0, 0.1) is 6.92 Å². The quantitative estimate of drug-likeness (QED) is 0.818. The highest BCUT2D eigenvalue weighted by molar-refractivity contribution is 7.16. The highest BCUT2D eigenvalue weighted by Gasteiger charge is 2.15. The van der Waals surface area contributed by atoms with E-state index in [1.165, 1.54) is 11.3 Å². The van der Waals surface area contributed by atoms with Crippen molar-refractivity contribution in [3.8, 4) is 0 Å². The molecule has 2 aromatic rings. The molecule has 1 N–H and O–H groups in total. The van der Waals surface area contributed by atoms with Crippen molar-refractivity contribution in [1.29, 1.82) is 0 Å². The first-order valence-electron chi connectivity index (χ1n) is 4.88. The van der Waals surface area contributed by atoms with Gasteiger partial charge in [0.2, 0.25) is 0 Å². The molecule has 0 bridgehead atoms. The minimum atomic E-state index is -0.721. The number of benzene rings is 1. The maximum atomic E-state index is 10.2. The van der Waals surface area contributed by atoms with E-state index >= 15 is 0 Å². The van der Waals surface area contributed by atoms with E-state index in [1.807, 2.05) is 13.0 Å². The molecular formula is C12H9Cl3OS. The highest BCUT2D eigenvalue weighted by Crippen LogP contribution is 2.35. The molecule has 1 aromatic heterocycles. The summed E-state index contributed by atoms with van der Waals surface area (Å²) < 4.78 is 0.694. The van der Waals surface area contributed by atoms with Crippen LogP contribution in [0.2, 0.25) is 14.4 Å². The lowest BCUT2D eigenvalue weighted by Crippen LogP contribution is -1.96. The first-order valence-corrected chi connectivity index (χ1v) is 6.83. The molecule has 1 heterocycles.